The molecule has 0 bridgehead atoms. The Labute approximate surface area is 253 Å². The fourth-order valence-electron chi connectivity index (χ4n) is 4.31. The third kappa shape index (κ3) is 26.1. The number of carbonyl (C=O) groups excluding carboxylic acids is 2. The van der Waals surface area contributed by atoms with Crippen molar-refractivity contribution >= 4 is 25.7 Å². The Hall–Kier alpha value is -1.52. The van der Waals surface area contributed by atoms with Crippen molar-refractivity contribution in [3.8, 4) is 0 Å². The van der Waals surface area contributed by atoms with Crippen LogP contribution in [0.5, 0.6) is 0 Å². The first kappa shape index (κ1) is 40.5. The number of amides is 1. The van der Waals surface area contributed by atoms with Crippen LogP contribution in [0.3, 0.4) is 0 Å². The van der Waals surface area contributed by atoms with E-state index in [2.05, 4.69) is 23.7 Å². The normalized spacial score (nSPS) is 14.2. The molecule has 4 N–H and O–H groups in total. The van der Waals surface area contributed by atoms with Gasteiger partial charge in [-0.05, 0) is 12.8 Å². The van der Waals surface area contributed by atoms with Crippen LogP contribution in [0.25, 0.3) is 0 Å². The van der Waals surface area contributed by atoms with Crippen molar-refractivity contribution in [3.63, 3.8) is 0 Å². The van der Waals surface area contributed by atoms with Gasteiger partial charge in [0, 0.05) is 12.8 Å². The molecular formula is C30H58NO10P. The molecule has 0 aliphatic heterocycles. The van der Waals surface area contributed by atoms with Gasteiger partial charge in [0.2, 0.25) is 5.91 Å². The number of aliphatic hydroxyl groups is 1. The number of phosphoric ester groups is 1. The second-order valence-corrected chi connectivity index (χ2v) is 12.5. The number of carbonyl (C=O) groups is 3. The summed E-state index contributed by atoms with van der Waals surface area (Å²) in [6.07, 6.45) is 18.9. The molecule has 0 saturated heterocycles. The smallest absolute Gasteiger partial charge is 0.472 e. The van der Waals surface area contributed by atoms with E-state index in [9.17, 15) is 34.1 Å². The summed E-state index contributed by atoms with van der Waals surface area (Å²) in [7, 11) is -4.73. The Morgan fingerprint density at radius 3 is 1.57 bits per heavy atom. The number of phosphoric acid groups is 1. The van der Waals surface area contributed by atoms with E-state index in [0.29, 0.717) is 12.8 Å². The highest BCUT2D eigenvalue weighted by molar-refractivity contribution is 7.47. The quantitative estimate of drug-likeness (QED) is 0.0397. The van der Waals surface area contributed by atoms with Crippen molar-refractivity contribution in [3.05, 3.63) is 0 Å². The van der Waals surface area contributed by atoms with Gasteiger partial charge in [0.15, 0.2) is 6.04 Å². The van der Waals surface area contributed by atoms with Crippen LogP contribution in [-0.2, 0) is 32.7 Å². The van der Waals surface area contributed by atoms with E-state index in [0.717, 1.165) is 44.9 Å². The van der Waals surface area contributed by atoms with E-state index in [1.807, 2.05) is 0 Å². The lowest BCUT2D eigenvalue weighted by molar-refractivity contribution is -0.147. The second kappa shape index (κ2) is 27.1. The summed E-state index contributed by atoms with van der Waals surface area (Å²) < 4.78 is 26.5. The number of aliphatic hydroxyl groups excluding tert-OH is 1. The molecule has 0 aliphatic rings. The van der Waals surface area contributed by atoms with Crippen LogP contribution in [0.15, 0.2) is 0 Å². The van der Waals surface area contributed by atoms with Crippen LogP contribution in [0.1, 0.15) is 142 Å². The zero-order valence-corrected chi connectivity index (χ0v) is 27.0. The predicted octanol–water partition coefficient (Wildman–Crippen LogP) is 6.44. The monoisotopic (exact) mass is 623 g/mol. The minimum atomic E-state index is -4.73. The van der Waals surface area contributed by atoms with Crippen molar-refractivity contribution < 1.29 is 47.8 Å². The van der Waals surface area contributed by atoms with Gasteiger partial charge in [0.05, 0.1) is 13.2 Å². The number of aliphatic carboxylic acids is 1. The third-order valence-corrected chi connectivity index (χ3v) is 7.85. The number of rotatable bonds is 30. The number of carboxylic acids is 1. The molecule has 0 saturated carbocycles. The fraction of sp³-hybridized carbons (Fsp3) is 0.900. The zero-order valence-electron chi connectivity index (χ0n) is 26.1. The van der Waals surface area contributed by atoms with Gasteiger partial charge >= 0.3 is 19.8 Å². The van der Waals surface area contributed by atoms with Gasteiger partial charge in [-0.15, -0.1) is 0 Å². The van der Waals surface area contributed by atoms with Crippen molar-refractivity contribution in [1.29, 1.82) is 0 Å². The van der Waals surface area contributed by atoms with E-state index in [-0.39, 0.29) is 12.8 Å². The second-order valence-electron chi connectivity index (χ2n) is 11.0. The fourth-order valence-corrected chi connectivity index (χ4v) is 5.09. The van der Waals surface area contributed by atoms with Crippen LogP contribution in [0, 0.1) is 0 Å². The number of unbranched alkanes of at least 4 members (excludes halogenated alkanes) is 16. The van der Waals surface area contributed by atoms with Gasteiger partial charge in [-0.2, -0.15) is 0 Å². The van der Waals surface area contributed by atoms with Gasteiger partial charge < -0.3 is 25.2 Å². The number of carboxylic acid groups (broad SMARTS) is 1. The SMILES string of the molecule is CCCCCCCCCCCCCCC(=O)NC(COP(=O)(O)OCC(O)COC(=O)CCCCCCCC)C(=O)O. The average Bonchev–Trinajstić information content (AvgIpc) is 2.95. The molecule has 12 heteroatoms. The van der Waals surface area contributed by atoms with Gasteiger partial charge in [-0.3, -0.25) is 18.6 Å². The molecular weight excluding hydrogens is 565 g/mol. The van der Waals surface area contributed by atoms with E-state index >= 15 is 0 Å². The highest BCUT2D eigenvalue weighted by atomic mass is 31.2. The molecule has 0 spiro atoms. The van der Waals surface area contributed by atoms with Crippen molar-refractivity contribution in [2.24, 2.45) is 0 Å². The largest absolute Gasteiger partial charge is 0.480 e. The van der Waals surface area contributed by atoms with Crippen LogP contribution in [-0.4, -0.2) is 64.9 Å². The molecule has 248 valence electrons. The third-order valence-electron chi connectivity index (χ3n) is 6.90. The Morgan fingerprint density at radius 2 is 1.10 bits per heavy atom. The Bertz CT molecular complexity index is 752. The summed E-state index contributed by atoms with van der Waals surface area (Å²) in [6.45, 7) is 2.47. The van der Waals surface area contributed by atoms with E-state index < -0.39 is 57.6 Å². The van der Waals surface area contributed by atoms with Crippen LogP contribution < -0.4 is 5.32 Å². The molecule has 42 heavy (non-hydrogen) atoms. The molecule has 3 atom stereocenters. The summed E-state index contributed by atoms with van der Waals surface area (Å²) in [4.78, 5) is 45.2. The zero-order chi connectivity index (χ0) is 31.5. The maximum atomic E-state index is 12.2. The minimum Gasteiger partial charge on any atom is -0.480 e. The van der Waals surface area contributed by atoms with E-state index in [1.165, 1.54) is 57.8 Å². The summed E-state index contributed by atoms with van der Waals surface area (Å²) >= 11 is 0. The van der Waals surface area contributed by atoms with Gasteiger partial charge in [0.1, 0.15) is 12.7 Å². The lowest BCUT2D eigenvalue weighted by Gasteiger charge is -2.18. The predicted molar refractivity (Wildman–Crippen MR) is 162 cm³/mol. The molecule has 0 radical (unpaired) electrons. The first-order valence-electron chi connectivity index (χ1n) is 16.1. The first-order valence-corrected chi connectivity index (χ1v) is 17.6. The molecule has 0 rings (SSSR count). The first-order chi connectivity index (χ1) is 20.1. The molecule has 1 amide bonds. The van der Waals surface area contributed by atoms with Crippen LogP contribution >= 0.6 is 7.82 Å². The summed E-state index contributed by atoms with van der Waals surface area (Å²) in [5.74, 6) is -2.38. The van der Waals surface area contributed by atoms with Crippen molar-refractivity contribution in [1.82, 2.24) is 5.32 Å². The number of ether oxygens (including phenoxy) is 1. The van der Waals surface area contributed by atoms with Crippen molar-refractivity contribution in [2.45, 2.75) is 154 Å². The summed E-state index contributed by atoms with van der Waals surface area (Å²) in [5, 5.41) is 21.5. The van der Waals surface area contributed by atoms with Crippen molar-refractivity contribution in [2.75, 3.05) is 19.8 Å². The minimum absolute atomic E-state index is 0.151. The lowest BCUT2D eigenvalue weighted by Crippen LogP contribution is -2.43. The maximum absolute atomic E-state index is 12.2. The number of nitrogens with one attached hydrogen (secondary N) is 1. The highest BCUT2D eigenvalue weighted by Crippen LogP contribution is 2.43. The topological polar surface area (TPSA) is 169 Å². The molecule has 0 heterocycles. The van der Waals surface area contributed by atoms with E-state index in [4.69, 9.17) is 9.26 Å². The molecule has 0 aromatic rings. The van der Waals surface area contributed by atoms with Crippen LogP contribution in [0.2, 0.25) is 0 Å². The molecule has 0 aromatic carbocycles. The standard InChI is InChI=1S/C30H58NO10P/c1-3-5-7-9-11-12-13-14-15-16-17-19-21-28(33)31-27(30(35)36)25-41-42(37,38)40-24-26(32)23-39-29(34)22-20-18-10-8-6-4-2/h26-27,32H,3-25H2,1-2H3,(H,31,33)(H,35,36)(H,37,38). The van der Waals surface area contributed by atoms with Gasteiger partial charge in [-0.1, -0.05) is 117 Å². The molecule has 0 aliphatic carbocycles. The highest BCUT2D eigenvalue weighted by Gasteiger charge is 2.28. The van der Waals surface area contributed by atoms with Gasteiger partial charge in [-0.25, -0.2) is 9.36 Å². The maximum Gasteiger partial charge on any atom is 0.472 e. The Balaban J connectivity index is 4.05. The lowest BCUT2D eigenvalue weighted by atomic mass is 10.0. The number of hydrogen-bond acceptors (Lipinski definition) is 8. The molecule has 0 fully saturated rings. The molecule has 0 aromatic heterocycles. The Morgan fingerprint density at radius 1 is 0.667 bits per heavy atom. The summed E-state index contributed by atoms with van der Waals surface area (Å²) in [6, 6.07) is -1.54. The Kier molecular flexibility index (Phi) is 26.1. The summed E-state index contributed by atoms with van der Waals surface area (Å²) in [5.41, 5.74) is 0. The van der Waals surface area contributed by atoms with E-state index in [1.54, 1.807) is 0 Å². The van der Waals surface area contributed by atoms with Gasteiger partial charge in [0.25, 0.3) is 0 Å². The number of esters is 1. The average molecular weight is 624 g/mol. The number of hydrogen-bond donors (Lipinski definition) is 4. The molecule has 3 unspecified atom stereocenters. The molecule has 11 nitrogen and oxygen atoms in total. The van der Waals surface area contributed by atoms with Crippen LogP contribution in [0.4, 0.5) is 0 Å².